The van der Waals surface area contributed by atoms with Crippen LogP contribution in [0.5, 0.6) is 0 Å². The molecule has 11 rings (SSSR count). The topological polar surface area (TPSA) is 51.4 Å². The molecular formula is C52H39N5. The van der Waals surface area contributed by atoms with Crippen molar-refractivity contribution in [3.05, 3.63) is 193 Å². The van der Waals surface area contributed by atoms with Crippen LogP contribution >= 0.6 is 0 Å². The van der Waals surface area contributed by atoms with E-state index < -0.39 is 0 Å². The van der Waals surface area contributed by atoms with E-state index in [4.69, 9.17) is 9.97 Å². The number of pyridine rings is 1. The summed E-state index contributed by atoms with van der Waals surface area (Å²) < 4.78 is 4.65. The van der Waals surface area contributed by atoms with Crippen LogP contribution in [0.4, 0.5) is 0 Å². The Morgan fingerprint density at radius 2 is 1.28 bits per heavy atom. The second-order valence-corrected chi connectivity index (χ2v) is 15.6. The maximum atomic E-state index is 5.56. The fraction of sp³-hybridized carbons (Fsp3) is 0.0769. The van der Waals surface area contributed by atoms with Gasteiger partial charge in [0.05, 0.1) is 27.6 Å². The largest absolute Gasteiger partial charge is 0.354 e. The Morgan fingerprint density at radius 1 is 0.544 bits per heavy atom. The fourth-order valence-corrected chi connectivity index (χ4v) is 9.05. The molecule has 0 saturated heterocycles. The summed E-state index contributed by atoms with van der Waals surface area (Å²) in [5.74, 6) is 1.79. The average Bonchev–Trinajstić information content (AvgIpc) is 3.94. The number of imidazole rings is 1. The molecule has 0 unspecified atom stereocenters. The number of hydrogen-bond donors (Lipinski definition) is 1. The summed E-state index contributed by atoms with van der Waals surface area (Å²) in [5.41, 5.74) is 14.4. The average molecular weight is 734 g/mol. The van der Waals surface area contributed by atoms with Crippen LogP contribution < -0.4 is 0 Å². The number of aryl methyl sites for hydroxylation is 1. The van der Waals surface area contributed by atoms with Crippen molar-refractivity contribution in [2.45, 2.75) is 26.2 Å². The fourth-order valence-electron chi connectivity index (χ4n) is 9.05. The van der Waals surface area contributed by atoms with Crippen LogP contribution in [-0.2, 0) is 5.41 Å². The van der Waals surface area contributed by atoms with Gasteiger partial charge in [-0.3, -0.25) is 9.13 Å². The third-order valence-electron chi connectivity index (χ3n) is 12.0. The van der Waals surface area contributed by atoms with E-state index in [9.17, 15) is 0 Å². The molecule has 0 fully saturated rings. The summed E-state index contributed by atoms with van der Waals surface area (Å²) >= 11 is 0. The molecule has 0 saturated carbocycles. The Kier molecular flexibility index (Phi) is 7.35. The van der Waals surface area contributed by atoms with Gasteiger partial charge in [0.2, 0.25) is 0 Å². The van der Waals surface area contributed by atoms with E-state index in [1.807, 2.05) is 12.3 Å². The lowest BCUT2D eigenvalue weighted by Crippen LogP contribution is -2.19. The maximum Gasteiger partial charge on any atom is 0.147 e. The van der Waals surface area contributed by atoms with Gasteiger partial charge >= 0.3 is 0 Å². The summed E-state index contributed by atoms with van der Waals surface area (Å²) in [6.45, 7) is 6.88. The molecule has 4 aromatic heterocycles. The van der Waals surface area contributed by atoms with Gasteiger partial charge in [-0.2, -0.15) is 0 Å². The van der Waals surface area contributed by atoms with Crippen molar-refractivity contribution in [2.24, 2.45) is 0 Å². The van der Waals surface area contributed by atoms with Crippen molar-refractivity contribution in [3.63, 3.8) is 0 Å². The molecule has 57 heavy (non-hydrogen) atoms. The predicted octanol–water partition coefficient (Wildman–Crippen LogP) is 13.1. The van der Waals surface area contributed by atoms with Gasteiger partial charge in [0.1, 0.15) is 11.6 Å². The van der Waals surface area contributed by atoms with E-state index >= 15 is 0 Å². The molecule has 272 valence electrons. The molecule has 5 heteroatoms. The maximum absolute atomic E-state index is 5.56. The molecule has 11 aromatic rings. The second-order valence-electron chi connectivity index (χ2n) is 15.6. The number of benzene rings is 7. The number of nitrogens with one attached hydrogen (secondary N) is 1. The van der Waals surface area contributed by atoms with Gasteiger partial charge in [0, 0.05) is 55.5 Å². The Bertz CT molecular complexity index is 3310. The first-order valence-corrected chi connectivity index (χ1v) is 19.6. The molecule has 4 heterocycles. The normalized spacial score (nSPS) is 12.1. The monoisotopic (exact) mass is 733 g/mol. The van der Waals surface area contributed by atoms with Crippen molar-refractivity contribution in [1.29, 1.82) is 0 Å². The minimum Gasteiger partial charge on any atom is -0.354 e. The van der Waals surface area contributed by atoms with Crippen LogP contribution in [0.2, 0.25) is 0 Å². The van der Waals surface area contributed by atoms with Gasteiger partial charge in [-0.25, -0.2) is 9.97 Å². The number of aromatic nitrogens is 5. The highest BCUT2D eigenvalue weighted by Crippen LogP contribution is 2.42. The van der Waals surface area contributed by atoms with E-state index in [1.54, 1.807) is 0 Å². The van der Waals surface area contributed by atoms with E-state index in [-0.39, 0.29) is 5.41 Å². The molecule has 0 amide bonds. The summed E-state index contributed by atoms with van der Waals surface area (Å²) in [7, 11) is 0. The van der Waals surface area contributed by atoms with Crippen LogP contribution in [0.3, 0.4) is 0 Å². The first kappa shape index (κ1) is 33.1. The number of rotatable bonds is 6. The van der Waals surface area contributed by atoms with Gasteiger partial charge < -0.3 is 4.98 Å². The third kappa shape index (κ3) is 5.09. The minimum atomic E-state index is -0.196. The van der Waals surface area contributed by atoms with Crippen LogP contribution in [0.1, 0.15) is 30.5 Å². The number of hydrogen-bond acceptors (Lipinski definition) is 2. The van der Waals surface area contributed by atoms with E-state index in [0.717, 1.165) is 67.1 Å². The molecule has 0 aliphatic rings. The van der Waals surface area contributed by atoms with E-state index in [0.29, 0.717) is 0 Å². The summed E-state index contributed by atoms with van der Waals surface area (Å²) in [6, 6.07) is 60.8. The van der Waals surface area contributed by atoms with Crippen LogP contribution in [0.15, 0.2) is 176 Å². The number of H-pyrrole nitrogens is 1. The third-order valence-corrected chi connectivity index (χ3v) is 12.0. The van der Waals surface area contributed by atoms with Crippen molar-refractivity contribution in [1.82, 2.24) is 24.1 Å². The highest BCUT2D eigenvalue weighted by molar-refractivity contribution is 6.14. The zero-order valence-corrected chi connectivity index (χ0v) is 32.0. The summed E-state index contributed by atoms with van der Waals surface area (Å²) in [4.78, 5) is 14.2. The molecule has 0 spiro atoms. The summed E-state index contributed by atoms with van der Waals surface area (Å²) in [5, 5.41) is 4.85. The van der Waals surface area contributed by atoms with E-state index in [1.165, 1.54) is 38.2 Å². The van der Waals surface area contributed by atoms with Crippen LogP contribution in [-0.4, -0.2) is 24.1 Å². The zero-order valence-electron chi connectivity index (χ0n) is 32.0. The number of fused-ring (bicyclic) bond motifs is 7. The zero-order chi connectivity index (χ0) is 38.3. The minimum absolute atomic E-state index is 0.196. The molecule has 0 atom stereocenters. The lowest BCUT2D eigenvalue weighted by atomic mass is 9.77. The summed E-state index contributed by atoms with van der Waals surface area (Å²) in [6.07, 6.45) is 1.88. The molecular weight excluding hydrogens is 695 g/mol. The molecule has 0 aliphatic carbocycles. The highest BCUT2D eigenvalue weighted by atomic mass is 15.1. The highest BCUT2D eigenvalue weighted by Gasteiger charge is 2.27. The van der Waals surface area contributed by atoms with Crippen LogP contribution in [0, 0.1) is 6.92 Å². The van der Waals surface area contributed by atoms with Gasteiger partial charge in [-0.05, 0) is 83.8 Å². The molecule has 0 bridgehead atoms. The smallest absolute Gasteiger partial charge is 0.147 e. The Balaban J connectivity index is 1.17. The van der Waals surface area contributed by atoms with Gasteiger partial charge in [0.25, 0.3) is 0 Å². The number of aromatic amines is 1. The van der Waals surface area contributed by atoms with Crippen molar-refractivity contribution >= 4 is 54.6 Å². The number of para-hydroxylation sites is 4. The van der Waals surface area contributed by atoms with Crippen molar-refractivity contribution in [3.8, 4) is 34.0 Å². The first-order valence-electron chi connectivity index (χ1n) is 19.6. The number of nitrogens with zero attached hydrogens (tertiary/aromatic N) is 4. The Hall–Kier alpha value is -7.24. The molecule has 5 nitrogen and oxygen atoms in total. The first-order chi connectivity index (χ1) is 28.0. The molecule has 0 aliphatic heterocycles. The standard InChI is InChI=1S/C52H39N5/c1-33-30-36(52(2,3)35-16-6-4-7-17-35)32-46-48(33)41-28-27-34(31-45(41)57(46)47-26-12-13-29-53-47)38-21-15-25-44-50(38)55-51(56(44)37-18-8-5-9-19-37)42-23-14-22-40-39-20-10-11-24-43(39)54-49(40)42/h4-32,54H,1-3H3. The Labute approximate surface area is 330 Å². The SMILES string of the molecule is Cc1cc(C(C)(C)c2ccccc2)cc2c1c1ccc(-c3cccc4c3nc(-c3cccc5c3[nH]c3ccccc35)n4-c3ccccc3)cc1n2-c1ccccn1. The lowest BCUT2D eigenvalue weighted by molar-refractivity contribution is 0.641. The second kappa shape index (κ2) is 12.7. The van der Waals surface area contributed by atoms with Crippen LogP contribution in [0.25, 0.3) is 88.7 Å². The van der Waals surface area contributed by atoms with Gasteiger partial charge in [-0.1, -0.05) is 129 Å². The van der Waals surface area contributed by atoms with Crippen molar-refractivity contribution < 1.29 is 0 Å². The molecule has 7 aromatic carbocycles. The quantitative estimate of drug-likeness (QED) is 0.185. The lowest BCUT2D eigenvalue weighted by Gasteiger charge is -2.27. The Morgan fingerprint density at radius 3 is 2.11 bits per heavy atom. The van der Waals surface area contributed by atoms with Gasteiger partial charge in [-0.15, -0.1) is 0 Å². The van der Waals surface area contributed by atoms with Crippen molar-refractivity contribution in [2.75, 3.05) is 0 Å². The van der Waals surface area contributed by atoms with Gasteiger partial charge in [0.15, 0.2) is 0 Å². The predicted molar refractivity (Wildman–Crippen MR) is 237 cm³/mol. The van der Waals surface area contributed by atoms with E-state index in [2.05, 4.69) is 199 Å². The molecule has 0 radical (unpaired) electrons. The molecule has 1 N–H and O–H groups in total.